The molecule has 114 valence electrons. The minimum absolute atomic E-state index is 0.113. The van der Waals surface area contributed by atoms with Gasteiger partial charge in [0.1, 0.15) is 11.5 Å². The van der Waals surface area contributed by atoms with Crippen molar-refractivity contribution in [3.05, 3.63) is 46.1 Å². The van der Waals surface area contributed by atoms with E-state index in [0.29, 0.717) is 33.4 Å². The van der Waals surface area contributed by atoms with Crippen molar-refractivity contribution in [1.29, 1.82) is 0 Å². The van der Waals surface area contributed by atoms with Crippen LogP contribution in [0.15, 0.2) is 35.1 Å². The van der Waals surface area contributed by atoms with Crippen LogP contribution in [0.25, 0.3) is 21.8 Å². The second kappa shape index (κ2) is 5.35. The third-order valence-electron chi connectivity index (χ3n) is 4.00. The molecule has 0 radical (unpaired) electrons. The average molecular weight is 299 g/mol. The second-order valence-electron chi connectivity index (χ2n) is 5.05. The van der Waals surface area contributed by atoms with Crippen LogP contribution >= 0.6 is 0 Å². The van der Waals surface area contributed by atoms with Crippen molar-refractivity contribution in [2.24, 2.45) is 7.05 Å². The lowest BCUT2D eigenvalue weighted by Crippen LogP contribution is -2.13. The number of nitrogens with zero attached hydrogens (tertiary/aromatic N) is 1. The summed E-state index contributed by atoms with van der Waals surface area (Å²) in [5.41, 5.74) is 1.88. The summed E-state index contributed by atoms with van der Waals surface area (Å²) >= 11 is 0. The van der Waals surface area contributed by atoms with Gasteiger partial charge in [0.2, 0.25) is 5.43 Å². The Morgan fingerprint density at radius 2 is 1.82 bits per heavy atom. The van der Waals surface area contributed by atoms with Crippen molar-refractivity contribution < 1.29 is 14.6 Å². The first-order chi connectivity index (χ1) is 10.6. The first kappa shape index (κ1) is 14.4. The lowest BCUT2D eigenvalue weighted by molar-refractivity contribution is 0.274. The van der Waals surface area contributed by atoms with E-state index in [9.17, 15) is 9.90 Å². The molecule has 1 aromatic heterocycles. The van der Waals surface area contributed by atoms with Crippen molar-refractivity contribution in [3.8, 4) is 11.5 Å². The molecule has 1 N–H and O–H groups in total. The van der Waals surface area contributed by atoms with Crippen molar-refractivity contribution in [1.82, 2.24) is 4.57 Å². The van der Waals surface area contributed by atoms with Crippen molar-refractivity contribution in [2.75, 3.05) is 14.2 Å². The lowest BCUT2D eigenvalue weighted by Gasteiger charge is -2.18. The van der Waals surface area contributed by atoms with Crippen LogP contribution in [-0.4, -0.2) is 23.9 Å². The summed E-state index contributed by atoms with van der Waals surface area (Å²) < 4.78 is 12.6. The maximum Gasteiger partial charge on any atom is 0.200 e. The monoisotopic (exact) mass is 299 g/mol. The van der Waals surface area contributed by atoms with Gasteiger partial charge >= 0.3 is 0 Å². The van der Waals surface area contributed by atoms with Crippen molar-refractivity contribution in [2.45, 2.75) is 6.61 Å². The van der Waals surface area contributed by atoms with Gasteiger partial charge in [-0.2, -0.15) is 0 Å². The molecule has 0 aliphatic rings. The minimum Gasteiger partial charge on any atom is -0.496 e. The van der Waals surface area contributed by atoms with Crippen LogP contribution < -0.4 is 14.9 Å². The number of hydrogen-bond donors (Lipinski definition) is 1. The molecule has 0 atom stereocenters. The molecule has 22 heavy (non-hydrogen) atoms. The largest absolute Gasteiger partial charge is 0.496 e. The molecule has 1 heterocycles. The molecular formula is C17H17NO4. The van der Waals surface area contributed by atoms with Crippen LogP contribution in [0.1, 0.15) is 5.56 Å². The highest BCUT2D eigenvalue weighted by molar-refractivity contribution is 5.99. The number of ether oxygens (including phenoxy) is 2. The lowest BCUT2D eigenvalue weighted by atomic mass is 10.0. The highest BCUT2D eigenvalue weighted by atomic mass is 16.5. The average Bonchev–Trinajstić information content (AvgIpc) is 2.57. The van der Waals surface area contributed by atoms with Crippen LogP contribution in [0.2, 0.25) is 0 Å². The first-order valence-corrected chi connectivity index (χ1v) is 6.90. The molecular weight excluding hydrogens is 282 g/mol. The molecule has 0 saturated carbocycles. The summed E-state index contributed by atoms with van der Waals surface area (Å²) in [6.07, 6.45) is 0. The molecule has 0 saturated heterocycles. The number of fused-ring (bicyclic) bond motifs is 2. The Balaban J connectivity index is 2.68. The fourth-order valence-electron chi connectivity index (χ4n) is 2.96. The number of rotatable bonds is 3. The van der Waals surface area contributed by atoms with Gasteiger partial charge in [0.15, 0.2) is 0 Å². The zero-order chi connectivity index (χ0) is 15.9. The van der Waals surface area contributed by atoms with Gasteiger partial charge in [0.05, 0.1) is 37.2 Å². The Bertz CT molecular complexity index is 927. The van der Waals surface area contributed by atoms with E-state index in [1.807, 2.05) is 29.8 Å². The fourth-order valence-corrected chi connectivity index (χ4v) is 2.96. The number of aryl methyl sites for hydroxylation is 1. The van der Waals surface area contributed by atoms with E-state index in [1.165, 1.54) is 14.2 Å². The number of methoxy groups -OCH3 is 2. The molecule has 5 heteroatoms. The number of para-hydroxylation sites is 1. The Morgan fingerprint density at radius 1 is 1.14 bits per heavy atom. The zero-order valence-corrected chi connectivity index (χ0v) is 12.7. The molecule has 2 aromatic carbocycles. The smallest absolute Gasteiger partial charge is 0.200 e. The van der Waals surface area contributed by atoms with Crippen LogP contribution in [0, 0.1) is 0 Å². The molecule has 0 bridgehead atoms. The molecule has 0 unspecified atom stereocenters. The summed E-state index contributed by atoms with van der Waals surface area (Å²) in [6, 6.07) is 9.02. The molecule has 3 aromatic rings. The fraction of sp³-hybridized carbons (Fsp3) is 0.235. The highest BCUT2D eigenvalue weighted by Crippen LogP contribution is 2.35. The van der Waals surface area contributed by atoms with E-state index in [1.54, 1.807) is 12.1 Å². The summed E-state index contributed by atoms with van der Waals surface area (Å²) in [6.45, 7) is -0.227. The molecule has 0 amide bonds. The van der Waals surface area contributed by atoms with E-state index >= 15 is 0 Å². The first-order valence-electron chi connectivity index (χ1n) is 6.90. The molecule has 5 nitrogen and oxygen atoms in total. The van der Waals surface area contributed by atoms with Crippen LogP contribution in [0.5, 0.6) is 11.5 Å². The topological polar surface area (TPSA) is 60.7 Å². The standard InChI is InChI=1S/C17H17NO4/c1-18-12-7-5-4-6-10(12)17(20)15-14(22-3)8-13(21-2)11(9-19)16(15)18/h4-8,19H,9H2,1-3H3. The molecule has 3 rings (SSSR count). The SMILES string of the molecule is COc1cc(OC)c2c(=O)c3ccccc3n(C)c2c1CO. The van der Waals surface area contributed by atoms with E-state index in [0.717, 1.165) is 5.52 Å². The van der Waals surface area contributed by atoms with Crippen LogP contribution in [0.3, 0.4) is 0 Å². The molecule has 0 fully saturated rings. The number of aliphatic hydroxyl groups excluding tert-OH is 1. The predicted octanol–water partition coefficient (Wildman–Crippen LogP) is 2.20. The van der Waals surface area contributed by atoms with Crippen molar-refractivity contribution in [3.63, 3.8) is 0 Å². The van der Waals surface area contributed by atoms with E-state index < -0.39 is 0 Å². The van der Waals surface area contributed by atoms with Gasteiger partial charge < -0.3 is 19.1 Å². The Hall–Kier alpha value is -2.53. The molecule has 0 spiro atoms. The second-order valence-corrected chi connectivity index (χ2v) is 5.05. The van der Waals surface area contributed by atoms with Crippen molar-refractivity contribution >= 4 is 21.8 Å². The Morgan fingerprint density at radius 3 is 2.45 bits per heavy atom. The number of pyridine rings is 1. The minimum atomic E-state index is -0.227. The third-order valence-corrected chi connectivity index (χ3v) is 4.00. The van der Waals surface area contributed by atoms with Gasteiger partial charge in [0.25, 0.3) is 0 Å². The van der Waals surface area contributed by atoms with Gasteiger partial charge in [-0.1, -0.05) is 12.1 Å². The number of aliphatic hydroxyl groups is 1. The zero-order valence-electron chi connectivity index (χ0n) is 12.7. The van der Waals surface area contributed by atoms with Gasteiger partial charge in [-0.15, -0.1) is 0 Å². The van der Waals surface area contributed by atoms with Gasteiger partial charge in [-0.25, -0.2) is 0 Å². The Labute approximate surface area is 127 Å². The number of hydrogen-bond acceptors (Lipinski definition) is 4. The van der Waals surface area contributed by atoms with E-state index in [4.69, 9.17) is 9.47 Å². The predicted molar refractivity (Wildman–Crippen MR) is 85.7 cm³/mol. The van der Waals surface area contributed by atoms with E-state index in [2.05, 4.69) is 0 Å². The maximum atomic E-state index is 12.9. The van der Waals surface area contributed by atoms with Crippen LogP contribution in [-0.2, 0) is 13.7 Å². The highest BCUT2D eigenvalue weighted by Gasteiger charge is 2.19. The summed E-state index contributed by atoms with van der Waals surface area (Å²) in [7, 11) is 4.91. The van der Waals surface area contributed by atoms with Crippen LogP contribution in [0.4, 0.5) is 0 Å². The third kappa shape index (κ3) is 1.86. The number of benzene rings is 2. The number of aromatic nitrogens is 1. The quantitative estimate of drug-likeness (QED) is 0.753. The normalized spacial score (nSPS) is 11.1. The van der Waals surface area contributed by atoms with Gasteiger partial charge in [-0.3, -0.25) is 4.79 Å². The maximum absolute atomic E-state index is 12.9. The van der Waals surface area contributed by atoms with Gasteiger partial charge in [0, 0.05) is 24.1 Å². The summed E-state index contributed by atoms with van der Waals surface area (Å²) in [5.74, 6) is 0.938. The summed E-state index contributed by atoms with van der Waals surface area (Å²) in [5, 5.41) is 10.8. The molecule has 0 aliphatic heterocycles. The Kier molecular flexibility index (Phi) is 3.50. The van der Waals surface area contributed by atoms with Gasteiger partial charge in [-0.05, 0) is 12.1 Å². The van der Waals surface area contributed by atoms with E-state index in [-0.39, 0.29) is 12.0 Å². The molecule has 0 aliphatic carbocycles. The summed E-state index contributed by atoms with van der Waals surface area (Å²) in [4.78, 5) is 12.9.